The molecule has 1 aliphatic carbocycles. The Morgan fingerprint density at radius 2 is 2.10 bits per heavy atom. The second-order valence-electron chi connectivity index (χ2n) is 6.68. The molecule has 0 unspecified atom stereocenters. The number of piperidine rings is 1. The molecule has 110 valence electrons. The Labute approximate surface area is 118 Å². The van der Waals surface area contributed by atoms with Gasteiger partial charge in [-0.15, -0.1) is 0 Å². The maximum absolute atomic E-state index is 12.4. The molecule has 20 heavy (non-hydrogen) atoms. The van der Waals surface area contributed by atoms with Gasteiger partial charge in [-0.2, -0.15) is 0 Å². The average Bonchev–Trinajstić information content (AvgIpc) is 2.93. The van der Waals surface area contributed by atoms with Crippen molar-refractivity contribution in [1.29, 1.82) is 0 Å². The van der Waals surface area contributed by atoms with E-state index in [1.165, 1.54) is 6.42 Å². The third kappa shape index (κ3) is 1.32. The summed E-state index contributed by atoms with van der Waals surface area (Å²) in [7, 11) is 1.63. The van der Waals surface area contributed by atoms with Crippen LogP contribution in [0.3, 0.4) is 0 Å². The van der Waals surface area contributed by atoms with Crippen LogP contribution in [0.25, 0.3) is 0 Å². The van der Waals surface area contributed by atoms with Crippen LogP contribution in [-0.4, -0.2) is 41.8 Å². The fourth-order valence-corrected chi connectivity index (χ4v) is 5.38. The average molecular weight is 279 g/mol. The van der Waals surface area contributed by atoms with Crippen molar-refractivity contribution in [3.05, 3.63) is 0 Å². The second kappa shape index (κ2) is 3.97. The molecule has 0 aromatic heterocycles. The van der Waals surface area contributed by atoms with Gasteiger partial charge in [-0.05, 0) is 18.8 Å². The molecular weight excluding hydrogens is 258 g/mol. The first-order chi connectivity index (χ1) is 9.62. The quantitative estimate of drug-likeness (QED) is 0.682. The zero-order valence-electron chi connectivity index (χ0n) is 11.9. The number of rotatable bonds is 1. The van der Waals surface area contributed by atoms with E-state index in [0.717, 1.165) is 19.3 Å². The van der Waals surface area contributed by atoms with E-state index in [0.29, 0.717) is 31.7 Å². The lowest BCUT2D eigenvalue weighted by atomic mass is 9.61. The summed E-state index contributed by atoms with van der Waals surface area (Å²) >= 11 is 0. The highest BCUT2D eigenvalue weighted by Gasteiger charge is 2.69. The van der Waals surface area contributed by atoms with Crippen LogP contribution in [0.15, 0.2) is 0 Å². The van der Waals surface area contributed by atoms with Crippen molar-refractivity contribution < 1.29 is 19.1 Å². The van der Waals surface area contributed by atoms with E-state index in [2.05, 4.69) is 4.90 Å². The SMILES string of the molecule is CO[C@]12CCN3C(=O)C[C@@H]4CCCC[C@@]43[C@H]1CC(=O)O2. The molecule has 3 heterocycles. The monoisotopic (exact) mass is 279 g/mol. The number of hydrogen-bond acceptors (Lipinski definition) is 4. The number of amides is 1. The molecule has 5 heteroatoms. The number of nitrogens with zero attached hydrogens (tertiary/aromatic N) is 1. The van der Waals surface area contributed by atoms with E-state index in [-0.39, 0.29) is 23.3 Å². The Hall–Kier alpha value is -1.10. The van der Waals surface area contributed by atoms with Gasteiger partial charge in [0.1, 0.15) is 0 Å². The van der Waals surface area contributed by atoms with Gasteiger partial charge in [0.05, 0.1) is 17.9 Å². The van der Waals surface area contributed by atoms with Crippen LogP contribution in [0, 0.1) is 11.8 Å². The summed E-state index contributed by atoms with van der Waals surface area (Å²) in [4.78, 5) is 26.4. The third-order valence-corrected chi connectivity index (χ3v) is 6.13. The molecule has 1 saturated carbocycles. The highest BCUT2D eigenvalue weighted by atomic mass is 16.7. The largest absolute Gasteiger partial charge is 0.433 e. The Balaban J connectivity index is 1.82. The van der Waals surface area contributed by atoms with Crippen molar-refractivity contribution in [2.24, 2.45) is 11.8 Å². The predicted molar refractivity (Wildman–Crippen MR) is 69.6 cm³/mol. The molecule has 0 bridgehead atoms. The van der Waals surface area contributed by atoms with Gasteiger partial charge in [0.25, 0.3) is 0 Å². The topological polar surface area (TPSA) is 55.8 Å². The molecule has 1 amide bonds. The zero-order valence-corrected chi connectivity index (χ0v) is 11.9. The molecule has 5 nitrogen and oxygen atoms in total. The fraction of sp³-hybridized carbons (Fsp3) is 0.867. The summed E-state index contributed by atoms with van der Waals surface area (Å²) in [5.74, 6) is -0.304. The van der Waals surface area contributed by atoms with Gasteiger partial charge in [0.15, 0.2) is 0 Å². The molecule has 3 aliphatic heterocycles. The number of fused-ring (bicyclic) bond motifs is 1. The van der Waals surface area contributed by atoms with Crippen LogP contribution in [-0.2, 0) is 19.1 Å². The van der Waals surface area contributed by atoms with Crippen LogP contribution >= 0.6 is 0 Å². The summed E-state index contributed by atoms with van der Waals surface area (Å²) in [5.41, 5.74) is -0.185. The number of hydrogen-bond donors (Lipinski definition) is 0. The Bertz CT molecular complexity index is 478. The number of carbonyl (C=O) groups is 2. The van der Waals surface area contributed by atoms with Crippen molar-refractivity contribution in [3.8, 4) is 0 Å². The number of esters is 1. The predicted octanol–water partition coefficient (Wildman–Crippen LogP) is 1.46. The van der Waals surface area contributed by atoms with E-state index in [9.17, 15) is 9.59 Å². The van der Waals surface area contributed by atoms with Gasteiger partial charge < -0.3 is 14.4 Å². The van der Waals surface area contributed by atoms with Gasteiger partial charge in [0, 0.05) is 26.5 Å². The summed E-state index contributed by atoms with van der Waals surface area (Å²) in [6.07, 6.45) is 6.06. The molecule has 0 aromatic carbocycles. The molecule has 1 spiro atoms. The molecule has 0 N–H and O–H groups in total. The maximum Gasteiger partial charge on any atom is 0.308 e. The highest BCUT2D eigenvalue weighted by molar-refractivity contribution is 5.82. The minimum absolute atomic E-state index is 0.0120. The van der Waals surface area contributed by atoms with E-state index in [1.54, 1.807) is 7.11 Å². The van der Waals surface area contributed by atoms with E-state index in [4.69, 9.17) is 9.47 Å². The smallest absolute Gasteiger partial charge is 0.308 e. The lowest BCUT2D eigenvalue weighted by Gasteiger charge is -2.56. The molecule has 3 saturated heterocycles. The van der Waals surface area contributed by atoms with Gasteiger partial charge in [-0.1, -0.05) is 12.8 Å². The van der Waals surface area contributed by atoms with E-state index in [1.807, 2.05) is 0 Å². The number of ether oxygens (including phenoxy) is 2. The van der Waals surface area contributed by atoms with Crippen LogP contribution in [0.5, 0.6) is 0 Å². The Morgan fingerprint density at radius 1 is 1.25 bits per heavy atom. The minimum atomic E-state index is -0.784. The molecular formula is C15H21NO4. The summed E-state index contributed by atoms with van der Waals surface area (Å²) in [6, 6.07) is 0. The van der Waals surface area contributed by atoms with Crippen molar-refractivity contribution in [2.45, 2.75) is 56.3 Å². The molecule has 4 aliphatic rings. The van der Waals surface area contributed by atoms with Crippen LogP contribution in [0.1, 0.15) is 44.9 Å². The van der Waals surface area contributed by atoms with Gasteiger partial charge >= 0.3 is 5.97 Å². The van der Waals surface area contributed by atoms with Crippen LogP contribution in [0.4, 0.5) is 0 Å². The first-order valence-electron chi connectivity index (χ1n) is 7.70. The van der Waals surface area contributed by atoms with Crippen molar-refractivity contribution in [2.75, 3.05) is 13.7 Å². The maximum atomic E-state index is 12.4. The van der Waals surface area contributed by atoms with Crippen molar-refractivity contribution >= 4 is 11.9 Å². The second-order valence-corrected chi connectivity index (χ2v) is 6.68. The number of methoxy groups -OCH3 is 1. The van der Waals surface area contributed by atoms with Gasteiger partial charge in [0.2, 0.25) is 11.7 Å². The van der Waals surface area contributed by atoms with Gasteiger partial charge in [-0.25, -0.2) is 0 Å². The summed E-state index contributed by atoms with van der Waals surface area (Å²) in [6.45, 7) is 0.660. The minimum Gasteiger partial charge on any atom is -0.433 e. The molecule has 4 rings (SSSR count). The first-order valence-corrected chi connectivity index (χ1v) is 7.70. The molecule has 4 fully saturated rings. The first kappa shape index (κ1) is 12.6. The van der Waals surface area contributed by atoms with Crippen molar-refractivity contribution in [3.63, 3.8) is 0 Å². The van der Waals surface area contributed by atoms with Crippen LogP contribution < -0.4 is 0 Å². The lowest BCUT2D eigenvalue weighted by molar-refractivity contribution is -0.258. The molecule has 0 radical (unpaired) electrons. The molecule has 0 aromatic rings. The Morgan fingerprint density at radius 3 is 2.90 bits per heavy atom. The summed E-state index contributed by atoms with van der Waals surface area (Å²) < 4.78 is 11.3. The van der Waals surface area contributed by atoms with E-state index >= 15 is 0 Å². The normalized spacial score (nSPS) is 46.8. The highest BCUT2D eigenvalue weighted by Crippen LogP contribution is 2.59. The van der Waals surface area contributed by atoms with Crippen LogP contribution in [0.2, 0.25) is 0 Å². The zero-order chi connectivity index (χ0) is 14.0. The number of carbonyl (C=O) groups excluding carboxylic acids is 2. The van der Waals surface area contributed by atoms with Crippen molar-refractivity contribution in [1.82, 2.24) is 4.90 Å². The standard InChI is InChI=1S/C15H21NO4/c1-19-15-6-7-16-12(17)8-10-4-2-3-5-14(10,16)11(15)9-13(18)20-15/h10-11H,2-9H2,1H3/t10-,11+,14-,15-/m0/s1. The summed E-state index contributed by atoms with van der Waals surface area (Å²) in [5, 5.41) is 0. The lowest BCUT2D eigenvalue weighted by Crippen LogP contribution is -2.66. The fourth-order valence-electron chi connectivity index (χ4n) is 5.38. The molecule has 4 atom stereocenters. The van der Waals surface area contributed by atoms with E-state index < -0.39 is 5.79 Å². The third-order valence-electron chi connectivity index (χ3n) is 6.13. The van der Waals surface area contributed by atoms with Gasteiger partial charge in [-0.3, -0.25) is 9.59 Å². The Kier molecular flexibility index (Phi) is 2.50.